The third-order valence-corrected chi connectivity index (χ3v) is 5.07. The molecular formula is C21H26N2O. The first-order chi connectivity index (χ1) is 11.8. The zero-order valence-corrected chi connectivity index (χ0v) is 14.4. The van der Waals surface area contributed by atoms with Crippen LogP contribution in [-0.2, 0) is 6.42 Å². The molecule has 2 aliphatic heterocycles. The van der Waals surface area contributed by atoms with Gasteiger partial charge in [-0.15, -0.1) is 0 Å². The molecule has 2 aromatic carbocycles. The van der Waals surface area contributed by atoms with Gasteiger partial charge < -0.3 is 15.0 Å². The van der Waals surface area contributed by atoms with E-state index in [9.17, 15) is 0 Å². The van der Waals surface area contributed by atoms with Crippen LogP contribution in [0.2, 0.25) is 0 Å². The summed E-state index contributed by atoms with van der Waals surface area (Å²) in [6.07, 6.45) is 5.16. The summed E-state index contributed by atoms with van der Waals surface area (Å²) in [6.45, 7) is 5.37. The van der Waals surface area contributed by atoms with Crippen molar-refractivity contribution < 1.29 is 4.74 Å². The van der Waals surface area contributed by atoms with Crippen molar-refractivity contribution in [2.24, 2.45) is 0 Å². The highest BCUT2D eigenvalue weighted by Gasteiger charge is 2.19. The monoisotopic (exact) mass is 322 g/mol. The van der Waals surface area contributed by atoms with Gasteiger partial charge in [-0.25, -0.2) is 0 Å². The summed E-state index contributed by atoms with van der Waals surface area (Å²) in [5.41, 5.74) is 5.06. The number of piperidine rings is 1. The smallest absolute Gasteiger partial charge is 0.143 e. The number of rotatable bonds is 3. The van der Waals surface area contributed by atoms with E-state index in [4.69, 9.17) is 4.74 Å². The summed E-state index contributed by atoms with van der Waals surface area (Å²) in [6, 6.07) is 15.4. The van der Waals surface area contributed by atoms with Crippen molar-refractivity contribution >= 4 is 11.4 Å². The van der Waals surface area contributed by atoms with Crippen molar-refractivity contribution in [1.29, 1.82) is 0 Å². The molecule has 1 N–H and O–H groups in total. The first-order valence-corrected chi connectivity index (χ1v) is 9.13. The van der Waals surface area contributed by atoms with Gasteiger partial charge in [0.1, 0.15) is 11.9 Å². The zero-order chi connectivity index (χ0) is 16.4. The van der Waals surface area contributed by atoms with Crippen molar-refractivity contribution in [2.45, 2.75) is 38.7 Å². The molecule has 0 bridgehead atoms. The van der Waals surface area contributed by atoms with Crippen molar-refractivity contribution in [3.63, 3.8) is 0 Å². The van der Waals surface area contributed by atoms with Gasteiger partial charge in [0, 0.05) is 25.2 Å². The first-order valence-electron chi connectivity index (χ1n) is 9.13. The predicted molar refractivity (Wildman–Crippen MR) is 100 cm³/mol. The highest BCUT2D eigenvalue weighted by molar-refractivity contribution is 5.59. The standard InChI is InChI=1S/C21H26N2O/c1-16-5-10-20-21(13-16)24-19(15-22-20)14-17-6-8-18(9-7-17)23-11-3-2-4-12-23/h5-10,13,19,22H,2-4,11-12,14-15H2,1H3. The van der Waals surface area contributed by atoms with E-state index in [-0.39, 0.29) is 6.10 Å². The average molecular weight is 322 g/mol. The van der Waals surface area contributed by atoms with E-state index in [1.807, 2.05) is 0 Å². The van der Waals surface area contributed by atoms with Crippen LogP contribution in [0, 0.1) is 6.92 Å². The lowest BCUT2D eigenvalue weighted by Crippen LogP contribution is -2.32. The number of nitrogens with zero attached hydrogens (tertiary/aromatic N) is 1. The number of ether oxygens (including phenoxy) is 1. The van der Waals surface area contributed by atoms with Gasteiger partial charge in [-0.2, -0.15) is 0 Å². The topological polar surface area (TPSA) is 24.5 Å². The second-order valence-electron chi connectivity index (χ2n) is 7.04. The highest BCUT2D eigenvalue weighted by atomic mass is 16.5. The molecule has 2 aromatic rings. The van der Waals surface area contributed by atoms with E-state index < -0.39 is 0 Å². The number of aryl methyl sites for hydroxylation is 1. The molecule has 1 fully saturated rings. The van der Waals surface area contributed by atoms with Gasteiger partial charge in [0.05, 0.1) is 12.2 Å². The molecule has 0 amide bonds. The van der Waals surface area contributed by atoms with Crippen LogP contribution in [0.1, 0.15) is 30.4 Å². The van der Waals surface area contributed by atoms with Crippen LogP contribution < -0.4 is 15.0 Å². The Bertz CT molecular complexity index is 689. The van der Waals surface area contributed by atoms with E-state index in [0.29, 0.717) is 0 Å². The van der Waals surface area contributed by atoms with Gasteiger partial charge >= 0.3 is 0 Å². The Hall–Kier alpha value is -2.16. The van der Waals surface area contributed by atoms with E-state index in [1.165, 1.54) is 49.2 Å². The molecule has 0 radical (unpaired) electrons. The summed E-state index contributed by atoms with van der Waals surface area (Å²) in [4.78, 5) is 2.50. The summed E-state index contributed by atoms with van der Waals surface area (Å²) in [5, 5.41) is 3.49. The van der Waals surface area contributed by atoms with E-state index >= 15 is 0 Å². The molecule has 0 aliphatic carbocycles. The van der Waals surface area contributed by atoms with Crippen molar-refractivity contribution in [2.75, 3.05) is 29.9 Å². The number of hydrogen-bond donors (Lipinski definition) is 1. The van der Waals surface area contributed by atoms with Crippen LogP contribution in [0.4, 0.5) is 11.4 Å². The number of hydrogen-bond acceptors (Lipinski definition) is 3. The zero-order valence-electron chi connectivity index (χ0n) is 14.4. The van der Waals surface area contributed by atoms with Gasteiger partial charge in [0.25, 0.3) is 0 Å². The van der Waals surface area contributed by atoms with Crippen molar-refractivity contribution in [1.82, 2.24) is 0 Å². The number of anilines is 2. The number of benzene rings is 2. The summed E-state index contributed by atoms with van der Waals surface area (Å²) >= 11 is 0. The Labute approximate surface area is 144 Å². The van der Waals surface area contributed by atoms with E-state index in [0.717, 1.165) is 24.4 Å². The largest absolute Gasteiger partial charge is 0.486 e. The van der Waals surface area contributed by atoms with Crippen molar-refractivity contribution in [3.8, 4) is 5.75 Å². The average Bonchev–Trinajstić information content (AvgIpc) is 2.63. The van der Waals surface area contributed by atoms with Gasteiger partial charge in [-0.05, 0) is 61.6 Å². The van der Waals surface area contributed by atoms with Crippen LogP contribution in [0.5, 0.6) is 5.75 Å². The first kappa shape index (κ1) is 15.4. The third-order valence-electron chi connectivity index (χ3n) is 5.07. The molecule has 1 saturated heterocycles. The Morgan fingerprint density at radius 1 is 1.04 bits per heavy atom. The van der Waals surface area contributed by atoms with Crippen LogP contribution in [0.3, 0.4) is 0 Å². The lowest BCUT2D eigenvalue weighted by molar-refractivity contribution is 0.206. The second-order valence-corrected chi connectivity index (χ2v) is 7.04. The van der Waals surface area contributed by atoms with Crippen LogP contribution in [0.25, 0.3) is 0 Å². The molecule has 0 spiro atoms. The second kappa shape index (κ2) is 6.76. The molecule has 1 atom stereocenters. The van der Waals surface area contributed by atoms with Gasteiger partial charge in [-0.1, -0.05) is 18.2 Å². The Morgan fingerprint density at radius 3 is 2.62 bits per heavy atom. The van der Waals surface area contributed by atoms with Crippen LogP contribution in [-0.4, -0.2) is 25.7 Å². The molecule has 1 unspecified atom stereocenters. The molecule has 4 rings (SSSR count). The minimum absolute atomic E-state index is 0.195. The van der Waals surface area contributed by atoms with Crippen molar-refractivity contribution in [3.05, 3.63) is 53.6 Å². The van der Waals surface area contributed by atoms with Gasteiger partial charge in [0.15, 0.2) is 0 Å². The fourth-order valence-corrected chi connectivity index (χ4v) is 3.69. The fourth-order valence-electron chi connectivity index (χ4n) is 3.69. The lowest BCUT2D eigenvalue weighted by Gasteiger charge is -2.29. The minimum atomic E-state index is 0.195. The molecule has 2 aliphatic rings. The molecule has 24 heavy (non-hydrogen) atoms. The molecule has 0 aromatic heterocycles. The maximum absolute atomic E-state index is 6.19. The Kier molecular flexibility index (Phi) is 4.33. The minimum Gasteiger partial charge on any atom is -0.486 e. The lowest BCUT2D eigenvalue weighted by atomic mass is 10.0. The molecule has 3 nitrogen and oxygen atoms in total. The number of fused-ring (bicyclic) bond motifs is 1. The molecule has 126 valence electrons. The third kappa shape index (κ3) is 3.35. The molecule has 2 heterocycles. The van der Waals surface area contributed by atoms with E-state index in [2.05, 4.69) is 59.6 Å². The summed E-state index contributed by atoms with van der Waals surface area (Å²) < 4.78 is 6.19. The Morgan fingerprint density at radius 2 is 1.83 bits per heavy atom. The van der Waals surface area contributed by atoms with Gasteiger partial charge in [0.2, 0.25) is 0 Å². The van der Waals surface area contributed by atoms with E-state index in [1.54, 1.807) is 0 Å². The fraction of sp³-hybridized carbons (Fsp3) is 0.429. The number of nitrogens with one attached hydrogen (secondary N) is 1. The van der Waals surface area contributed by atoms with Crippen LogP contribution >= 0.6 is 0 Å². The quantitative estimate of drug-likeness (QED) is 0.906. The normalized spacial score (nSPS) is 20.0. The maximum atomic E-state index is 6.19. The molecular weight excluding hydrogens is 296 g/mol. The molecule has 3 heteroatoms. The Balaban J connectivity index is 1.40. The summed E-state index contributed by atoms with van der Waals surface area (Å²) in [5.74, 6) is 0.983. The summed E-state index contributed by atoms with van der Waals surface area (Å²) in [7, 11) is 0. The SMILES string of the molecule is Cc1ccc2c(c1)OC(Cc1ccc(N3CCCCC3)cc1)CN2. The molecule has 0 saturated carbocycles. The highest BCUT2D eigenvalue weighted by Crippen LogP contribution is 2.31. The maximum Gasteiger partial charge on any atom is 0.143 e. The van der Waals surface area contributed by atoms with Gasteiger partial charge in [-0.3, -0.25) is 0 Å². The van der Waals surface area contributed by atoms with Crippen LogP contribution in [0.15, 0.2) is 42.5 Å². The predicted octanol–water partition coefficient (Wildman–Crippen LogP) is 4.40.